The van der Waals surface area contributed by atoms with Crippen molar-refractivity contribution in [1.29, 1.82) is 0 Å². The van der Waals surface area contributed by atoms with Crippen molar-refractivity contribution < 1.29 is 4.79 Å². The molecule has 2 aliphatic rings. The van der Waals surface area contributed by atoms with Crippen LogP contribution in [0.5, 0.6) is 0 Å². The maximum absolute atomic E-state index is 13.2. The molecule has 0 aromatic heterocycles. The molecule has 2 amide bonds. The van der Waals surface area contributed by atoms with Gasteiger partial charge in [-0.15, -0.1) is 0 Å². The van der Waals surface area contributed by atoms with E-state index in [1.807, 2.05) is 23.1 Å². The number of anilines is 1. The number of urea groups is 1. The lowest BCUT2D eigenvalue weighted by Crippen LogP contribution is -2.55. The molecule has 1 N–H and O–H groups in total. The number of amides is 2. The summed E-state index contributed by atoms with van der Waals surface area (Å²) in [4.78, 5) is 17.5. The zero-order valence-electron chi connectivity index (χ0n) is 17.2. The molecule has 2 aliphatic heterocycles. The monoisotopic (exact) mass is 377 g/mol. The molecule has 2 heterocycles. The minimum absolute atomic E-state index is 0.0183. The van der Waals surface area contributed by atoms with E-state index in [0.29, 0.717) is 12.5 Å². The first-order valence-corrected chi connectivity index (χ1v) is 10.4. The molecule has 0 bridgehead atoms. The summed E-state index contributed by atoms with van der Waals surface area (Å²) < 4.78 is 0. The van der Waals surface area contributed by atoms with Gasteiger partial charge >= 0.3 is 6.03 Å². The van der Waals surface area contributed by atoms with Gasteiger partial charge in [-0.2, -0.15) is 0 Å². The van der Waals surface area contributed by atoms with Crippen LogP contribution in [0.2, 0.25) is 0 Å². The summed E-state index contributed by atoms with van der Waals surface area (Å²) in [5, 5.41) is 3.16. The number of nitrogens with zero attached hydrogens (tertiary/aromatic N) is 2. The van der Waals surface area contributed by atoms with Gasteiger partial charge in [-0.25, -0.2) is 4.79 Å². The van der Waals surface area contributed by atoms with E-state index in [-0.39, 0.29) is 11.6 Å². The van der Waals surface area contributed by atoms with Crippen LogP contribution in [-0.4, -0.2) is 43.2 Å². The molecule has 0 spiro atoms. The van der Waals surface area contributed by atoms with Crippen LogP contribution < -0.4 is 10.2 Å². The second kappa shape index (κ2) is 7.59. The molecule has 0 radical (unpaired) electrons. The maximum atomic E-state index is 13.2. The highest BCUT2D eigenvalue weighted by Gasteiger charge is 2.39. The third-order valence-electron chi connectivity index (χ3n) is 6.26. The molecule has 1 saturated heterocycles. The number of carbonyl (C=O) groups excluding carboxylic acids is 1. The van der Waals surface area contributed by atoms with Crippen LogP contribution in [0.1, 0.15) is 42.9 Å². The predicted molar refractivity (Wildman–Crippen MR) is 115 cm³/mol. The van der Waals surface area contributed by atoms with E-state index >= 15 is 0 Å². The number of hydrogen-bond acceptors (Lipinski definition) is 2. The van der Waals surface area contributed by atoms with Gasteiger partial charge in [0.1, 0.15) is 0 Å². The highest BCUT2D eigenvalue weighted by molar-refractivity contribution is 5.95. The van der Waals surface area contributed by atoms with Crippen LogP contribution >= 0.6 is 0 Å². The third-order valence-corrected chi connectivity index (χ3v) is 6.26. The zero-order valence-corrected chi connectivity index (χ0v) is 17.2. The van der Waals surface area contributed by atoms with Crippen LogP contribution in [-0.2, 0) is 12.8 Å². The Hall–Kier alpha value is -2.33. The fourth-order valence-electron chi connectivity index (χ4n) is 4.64. The molecule has 0 aliphatic carbocycles. The lowest BCUT2D eigenvalue weighted by molar-refractivity contribution is 0.188. The lowest BCUT2D eigenvalue weighted by Gasteiger charge is -2.45. The Balaban J connectivity index is 1.53. The van der Waals surface area contributed by atoms with Gasteiger partial charge < -0.3 is 10.2 Å². The summed E-state index contributed by atoms with van der Waals surface area (Å²) in [7, 11) is 2.17. The number of hydrogen-bond donors (Lipinski definition) is 1. The molecule has 28 heavy (non-hydrogen) atoms. The quantitative estimate of drug-likeness (QED) is 0.867. The summed E-state index contributed by atoms with van der Waals surface area (Å²) in [6.07, 6.45) is 2.89. The summed E-state index contributed by atoms with van der Waals surface area (Å²) >= 11 is 0. The van der Waals surface area contributed by atoms with Gasteiger partial charge in [0.15, 0.2) is 0 Å². The summed E-state index contributed by atoms with van der Waals surface area (Å²) in [6.45, 7) is 7.23. The molecule has 0 atom stereocenters. The van der Waals surface area contributed by atoms with Crippen molar-refractivity contribution in [2.45, 2.75) is 44.6 Å². The van der Waals surface area contributed by atoms with Crippen molar-refractivity contribution in [2.24, 2.45) is 0 Å². The Morgan fingerprint density at radius 3 is 2.57 bits per heavy atom. The van der Waals surface area contributed by atoms with Crippen molar-refractivity contribution >= 4 is 11.7 Å². The Bertz CT molecular complexity index is 840. The first-order chi connectivity index (χ1) is 13.5. The Morgan fingerprint density at radius 2 is 1.86 bits per heavy atom. The average Bonchev–Trinajstić information content (AvgIpc) is 2.65. The van der Waals surface area contributed by atoms with Gasteiger partial charge in [-0.05, 0) is 62.9 Å². The zero-order chi connectivity index (χ0) is 19.7. The summed E-state index contributed by atoms with van der Waals surface area (Å²) in [5.41, 5.74) is 4.98. The van der Waals surface area contributed by atoms with Gasteiger partial charge in [-0.1, -0.05) is 42.5 Å². The predicted octanol–water partition coefficient (Wildman–Crippen LogP) is 4.20. The van der Waals surface area contributed by atoms with Crippen molar-refractivity contribution in [2.75, 3.05) is 31.6 Å². The second-order valence-corrected chi connectivity index (χ2v) is 8.88. The van der Waals surface area contributed by atoms with Gasteiger partial charge in [-0.3, -0.25) is 4.90 Å². The molecule has 4 nitrogen and oxygen atoms in total. The van der Waals surface area contributed by atoms with Crippen LogP contribution in [0.3, 0.4) is 0 Å². The SMILES string of the molecule is CN1CC(c2cccc3c2CCC(C)(C)N3C(=O)NCCc2ccccc2)C1. The number of rotatable bonds is 4. The van der Waals surface area contributed by atoms with Crippen LogP contribution in [0, 0.1) is 0 Å². The minimum Gasteiger partial charge on any atom is -0.337 e. The number of benzene rings is 2. The molecule has 2 aromatic carbocycles. The van der Waals surface area contributed by atoms with Gasteiger partial charge in [0.05, 0.1) is 0 Å². The number of likely N-dealkylation sites (tertiary alicyclic amines) is 1. The number of nitrogens with one attached hydrogen (secondary N) is 1. The minimum atomic E-state index is -0.182. The highest BCUT2D eigenvalue weighted by Crippen LogP contribution is 2.41. The number of likely N-dealkylation sites (N-methyl/N-ethyl adjacent to an activating group) is 1. The highest BCUT2D eigenvalue weighted by atomic mass is 16.2. The van der Waals surface area contributed by atoms with E-state index in [1.165, 1.54) is 16.7 Å². The number of fused-ring (bicyclic) bond motifs is 1. The van der Waals surface area contributed by atoms with Gasteiger partial charge in [0.25, 0.3) is 0 Å². The first-order valence-electron chi connectivity index (χ1n) is 10.4. The average molecular weight is 378 g/mol. The molecule has 148 valence electrons. The smallest absolute Gasteiger partial charge is 0.322 e. The Labute approximate surface area is 168 Å². The lowest BCUT2D eigenvalue weighted by atomic mass is 9.80. The second-order valence-electron chi connectivity index (χ2n) is 8.88. The normalized spacial score (nSPS) is 19.0. The molecule has 0 saturated carbocycles. The summed E-state index contributed by atoms with van der Waals surface area (Å²) in [6, 6.07) is 16.8. The molecular formula is C24H31N3O. The van der Waals surface area contributed by atoms with Crippen molar-refractivity contribution in [1.82, 2.24) is 10.2 Å². The Morgan fingerprint density at radius 1 is 1.11 bits per heavy atom. The molecule has 4 heteroatoms. The van der Waals surface area contributed by atoms with E-state index in [2.05, 4.69) is 61.4 Å². The number of carbonyl (C=O) groups is 1. The van der Waals surface area contributed by atoms with E-state index in [1.54, 1.807) is 0 Å². The van der Waals surface area contributed by atoms with Crippen LogP contribution in [0.15, 0.2) is 48.5 Å². The van der Waals surface area contributed by atoms with E-state index < -0.39 is 0 Å². The standard InChI is InChI=1S/C24H31N3O/c1-24(2)14-12-21-20(19-16-26(3)17-19)10-7-11-22(21)27(24)23(28)25-15-13-18-8-5-4-6-9-18/h4-11,19H,12-17H2,1-3H3,(H,25,28). The largest absolute Gasteiger partial charge is 0.337 e. The summed E-state index contributed by atoms with van der Waals surface area (Å²) in [5.74, 6) is 0.601. The topological polar surface area (TPSA) is 35.6 Å². The first kappa shape index (κ1) is 19.0. The van der Waals surface area contributed by atoms with E-state index in [4.69, 9.17) is 0 Å². The van der Waals surface area contributed by atoms with Crippen LogP contribution in [0.4, 0.5) is 10.5 Å². The molecule has 2 aromatic rings. The van der Waals surface area contributed by atoms with E-state index in [0.717, 1.165) is 38.0 Å². The fourth-order valence-corrected chi connectivity index (χ4v) is 4.64. The van der Waals surface area contributed by atoms with Crippen molar-refractivity contribution in [3.8, 4) is 0 Å². The van der Waals surface area contributed by atoms with Crippen molar-refractivity contribution in [3.05, 3.63) is 65.2 Å². The van der Waals surface area contributed by atoms with Gasteiger partial charge in [0.2, 0.25) is 0 Å². The van der Waals surface area contributed by atoms with Crippen molar-refractivity contribution in [3.63, 3.8) is 0 Å². The van der Waals surface area contributed by atoms with Crippen LogP contribution in [0.25, 0.3) is 0 Å². The third kappa shape index (κ3) is 3.66. The van der Waals surface area contributed by atoms with Gasteiger partial charge in [0, 0.05) is 36.8 Å². The fraction of sp³-hybridized carbons (Fsp3) is 0.458. The molecule has 1 fully saturated rings. The molecular weight excluding hydrogens is 346 g/mol. The molecule has 4 rings (SSSR count). The Kier molecular flexibility index (Phi) is 5.15. The maximum Gasteiger partial charge on any atom is 0.322 e. The molecule has 0 unspecified atom stereocenters. The van der Waals surface area contributed by atoms with E-state index in [9.17, 15) is 4.79 Å².